The van der Waals surface area contributed by atoms with Gasteiger partial charge in [0.2, 0.25) is 5.91 Å². The minimum Gasteiger partial charge on any atom is -0.481 e. The molecule has 3 rings (SSSR count). The van der Waals surface area contributed by atoms with Crippen LogP contribution in [0.2, 0.25) is 0 Å². The number of aromatic nitrogens is 1. The van der Waals surface area contributed by atoms with Crippen LogP contribution in [0.4, 0.5) is 5.69 Å². The van der Waals surface area contributed by atoms with Crippen molar-refractivity contribution in [1.82, 2.24) is 4.98 Å². The number of hydrogen-bond donors (Lipinski definition) is 2. The summed E-state index contributed by atoms with van der Waals surface area (Å²) in [4.78, 5) is 28.7. The molecule has 1 aromatic heterocycles. The number of carboxylic acid groups (broad SMARTS) is 1. The van der Waals surface area contributed by atoms with Crippen molar-refractivity contribution in [2.45, 2.75) is 48.7 Å². The molecule has 1 aromatic carbocycles. The zero-order valence-corrected chi connectivity index (χ0v) is 16.0. The normalized spacial score (nSPS) is 15.4. The number of benzene rings is 1. The van der Waals surface area contributed by atoms with Crippen LogP contribution in [0, 0.1) is 5.92 Å². The predicted molar refractivity (Wildman–Crippen MR) is 107 cm³/mol. The van der Waals surface area contributed by atoms with Crippen LogP contribution in [0.1, 0.15) is 49.3 Å². The average Bonchev–Trinajstić information content (AvgIpc) is 3.16. The third-order valence-electron chi connectivity index (χ3n) is 4.80. The highest BCUT2D eigenvalue weighted by Crippen LogP contribution is 2.41. The van der Waals surface area contributed by atoms with Crippen molar-refractivity contribution in [3.63, 3.8) is 0 Å². The van der Waals surface area contributed by atoms with Gasteiger partial charge in [0.15, 0.2) is 0 Å². The zero-order chi connectivity index (χ0) is 19.1. The molecule has 1 aliphatic carbocycles. The molecule has 1 atom stereocenters. The maximum Gasteiger partial charge on any atom is 0.304 e. The number of thioether (sulfide) groups is 1. The standard InChI is InChI=1S/C21H24N2O3S/c24-20(12-15-6-1-2-7-15)23-17-9-3-4-10-18(17)27-19(13-21(25)26)16-8-5-11-22-14-16/h3-5,8-11,14-15,19H,1-2,6-7,12-13H2,(H,23,24)(H,25,26). The number of pyridine rings is 1. The van der Waals surface area contributed by atoms with E-state index in [1.54, 1.807) is 18.5 Å². The molecule has 1 aliphatic rings. The summed E-state index contributed by atoms with van der Waals surface area (Å²) >= 11 is 1.45. The van der Waals surface area contributed by atoms with Gasteiger partial charge in [0.1, 0.15) is 0 Å². The second-order valence-corrected chi connectivity index (χ2v) is 8.13. The lowest BCUT2D eigenvalue weighted by molar-refractivity contribution is -0.137. The second kappa shape index (κ2) is 9.55. The summed E-state index contributed by atoms with van der Waals surface area (Å²) in [6.45, 7) is 0. The van der Waals surface area contributed by atoms with Gasteiger partial charge in [-0.1, -0.05) is 31.0 Å². The van der Waals surface area contributed by atoms with E-state index in [0.717, 1.165) is 29.0 Å². The van der Waals surface area contributed by atoms with Gasteiger partial charge >= 0.3 is 5.97 Å². The van der Waals surface area contributed by atoms with E-state index in [9.17, 15) is 14.7 Å². The number of hydrogen-bond acceptors (Lipinski definition) is 4. The number of carboxylic acids is 1. The van der Waals surface area contributed by atoms with Gasteiger partial charge < -0.3 is 10.4 Å². The lowest BCUT2D eigenvalue weighted by atomic mass is 10.0. The number of para-hydroxylation sites is 1. The summed E-state index contributed by atoms with van der Waals surface area (Å²) in [6, 6.07) is 11.3. The van der Waals surface area contributed by atoms with E-state index in [4.69, 9.17) is 0 Å². The van der Waals surface area contributed by atoms with Gasteiger partial charge in [0.25, 0.3) is 0 Å². The molecule has 0 spiro atoms. The third-order valence-corrected chi connectivity index (χ3v) is 6.13. The SMILES string of the molecule is O=C(O)CC(Sc1ccccc1NC(=O)CC1CCCC1)c1cccnc1. The van der Waals surface area contributed by atoms with Crippen molar-refractivity contribution in [3.05, 3.63) is 54.4 Å². The lowest BCUT2D eigenvalue weighted by Crippen LogP contribution is -2.15. The van der Waals surface area contributed by atoms with E-state index >= 15 is 0 Å². The quantitative estimate of drug-likeness (QED) is 0.632. The molecule has 2 N–H and O–H groups in total. The fraction of sp³-hybridized carbons (Fsp3) is 0.381. The van der Waals surface area contributed by atoms with E-state index in [0.29, 0.717) is 12.3 Å². The Kier molecular flexibility index (Phi) is 6.87. The van der Waals surface area contributed by atoms with Crippen LogP contribution in [0.5, 0.6) is 0 Å². The molecule has 1 amide bonds. The van der Waals surface area contributed by atoms with Crippen LogP contribution in [0.25, 0.3) is 0 Å². The van der Waals surface area contributed by atoms with Gasteiger partial charge in [0.05, 0.1) is 12.1 Å². The largest absolute Gasteiger partial charge is 0.481 e. The predicted octanol–water partition coefficient (Wildman–Crippen LogP) is 4.91. The summed E-state index contributed by atoms with van der Waals surface area (Å²) < 4.78 is 0. The number of nitrogens with one attached hydrogen (secondary N) is 1. The van der Waals surface area contributed by atoms with Crippen molar-refractivity contribution in [2.24, 2.45) is 5.92 Å². The first kappa shape index (κ1) is 19.4. The molecule has 6 heteroatoms. The fourth-order valence-corrected chi connectivity index (χ4v) is 4.67. The second-order valence-electron chi connectivity index (χ2n) is 6.89. The number of carbonyl (C=O) groups is 2. The van der Waals surface area contributed by atoms with Crippen LogP contribution in [0.15, 0.2) is 53.7 Å². The molecule has 0 aliphatic heterocycles. The van der Waals surface area contributed by atoms with Crippen LogP contribution in [-0.4, -0.2) is 22.0 Å². The number of carbonyl (C=O) groups excluding carboxylic acids is 1. The van der Waals surface area contributed by atoms with E-state index in [-0.39, 0.29) is 17.6 Å². The van der Waals surface area contributed by atoms with Crippen LogP contribution in [0.3, 0.4) is 0 Å². The van der Waals surface area contributed by atoms with Crippen LogP contribution >= 0.6 is 11.8 Å². The summed E-state index contributed by atoms with van der Waals surface area (Å²) in [7, 11) is 0. The molecular weight excluding hydrogens is 360 g/mol. The summed E-state index contributed by atoms with van der Waals surface area (Å²) in [5, 5.41) is 12.0. The molecule has 0 radical (unpaired) electrons. The molecule has 1 fully saturated rings. The molecule has 1 unspecified atom stereocenters. The molecule has 142 valence electrons. The first-order valence-corrected chi connectivity index (χ1v) is 10.2. The van der Waals surface area contributed by atoms with E-state index in [2.05, 4.69) is 10.3 Å². The van der Waals surface area contributed by atoms with Gasteiger partial charge in [0, 0.05) is 29.0 Å². The third kappa shape index (κ3) is 5.82. The molecule has 5 nitrogen and oxygen atoms in total. The molecular formula is C21H24N2O3S. The Hall–Kier alpha value is -2.34. The van der Waals surface area contributed by atoms with Crippen molar-refractivity contribution >= 4 is 29.3 Å². The van der Waals surface area contributed by atoms with E-state index in [1.165, 1.54) is 24.6 Å². The molecule has 2 aromatic rings. The minimum absolute atomic E-state index is 0.0132. The smallest absolute Gasteiger partial charge is 0.304 e. The Balaban J connectivity index is 1.73. The van der Waals surface area contributed by atoms with Crippen molar-refractivity contribution in [1.29, 1.82) is 0 Å². The first-order chi connectivity index (χ1) is 13.1. The van der Waals surface area contributed by atoms with Crippen LogP contribution < -0.4 is 5.32 Å². The van der Waals surface area contributed by atoms with Crippen molar-refractivity contribution in [3.8, 4) is 0 Å². The Morgan fingerprint density at radius 3 is 2.67 bits per heavy atom. The summed E-state index contributed by atoms with van der Waals surface area (Å²) in [6.07, 6.45) is 8.60. The first-order valence-electron chi connectivity index (χ1n) is 9.29. The summed E-state index contributed by atoms with van der Waals surface area (Å²) in [5.74, 6) is -0.342. The average molecular weight is 385 g/mol. The highest BCUT2D eigenvalue weighted by Gasteiger charge is 2.21. The molecule has 27 heavy (non-hydrogen) atoms. The van der Waals surface area contributed by atoms with Crippen molar-refractivity contribution in [2.75, 3.05) is 5.32 Å². The van der Waals surface area contributed by atoms with Crippen LogP contribution in [-0.2, 0) is 9.59 Å². The maximum atomic E-state index is 12.4. The Bertz CT molecular complexity index is 776. The highest BCUT2D eigenvalue weighted by atomic mass is 32.2. The van der Waals surface area contributed by atoms with Crippen molar-refractivity contribution < 1.29 is 14.7 Å². The Labute approximate surface area is 163 Å². The Morgan fingerprint density at radius 2 is 1.96 bits per heavy atom. The molecule has 0 saturated heterocycles. The monoisotopic (exact) mass is 384 g/mol. The number of nitrogens with zero attached hydrogens (tertiary/aromatic N) is 1. The number of rotatable bonds is 8. The maximum absolute atomic E-state index is 12.4. The van der Waals surface area contributed by atoms with E-state index in [1.807, 2.05) is 30.3 Å². The van der Waals surface area contributed by atoms with Gasteiger partial charge in [-0.05, 0) is 42.5 Å². The molecule has 0 bridgehead atoms. The highest BCUT2D eigenvalue weighted by molar-refractivity contribution is 7.99. The zero-order valence-electron chi connectivity index (χ0n) is 15.1. The lowest BCUT2D eigenvalue weighted by Gasteiger charge is -2.18. The van der Waals surface area contributed by atoms with E-state index < -0.39 is 5.97 Å². The van der Waals surface area contributed by atoms with Gasteiger partial charge in [-0.3, -0.25) is 14.6 Å². The fourth-order valence-electron chi connectivity index (χ4n) is 3.46. The van der Waals surface area contributed by atoms with Gasteiger partial charge in [-0.2, -0.15) is 0 Å². The van der Waals surface area contributed by atoms with Gasteiger partial charge in [-0.25, -0.2) is 0 Å². The van der Waals surface area contributed by atoms with Gasteiger partial charge in [-0.15, -0.1) is 11.8 Å². The number of amides is 1. The molecule has 1 heterocycles. The topological polar surface area (TPSA) is 79.3 Å². The minimum atomic E-state index is -0.862. The Morgan fingerprint density at radius 1 is 1.19 bits per heavy atom. The number of anilines is 1. The molecule has 1 saturated carbocycles. The summed E-state index contributed by atoms with van der Waals surface area (Å²) in [5.41, 5.74) is 1.60. The number of aliphatic carboxylic acids is 1.